The van der Waals surface area contributed by atoms with E-state index in [4.69, 9.17) is 9.47 Å². The molecular weight excluding hydrogens is 528 g/mol. The van der Waals surface area contributed by atoms with Gasteiger partial charge in [-0.2, -0.15) is 0 Å². The summed E-state index contributed by atoms with van der Waals surface area (Å²) in [5.41, 5.74) is 2.36. The van der Waals surface area contributed by atoms with Gasteiger partial charge in [0.1, 0.15) is 11.3 Å². The van der Waals surface area contributed by atoms with Crippen LogP contribution in [0.3, 0.4) is 0 Å². The number of carbonyl (C=O) groups excluding carboxylic acids is 1. The summed E-state index contributed by atoms with van der Waals surface area (Å²) >= 11 is 0. The largest absolute Gasteiger partial charge is 0.481 e. The second kappa shape index (κ2) is 11.3. The number of halogens is 2. The van der Waals surface area contributed by atoms with Crippen molar-refractivity contribution >= 4 is 16.8 Å². The third-order valence-electron chi connectivity index (χ3n) is 6.79. The third-order valence-corrected chi connectivity index (χ3v) is 6.79. The van der Waals surface area contributed by atoms with E-state index in [1.807, 2.05) is 18.4 Å². The summed E-state index contributed by atoms with van der Waals surface area (Å²) in [7, 11) is 1.49. The van der Waals surface area contributed by atoms with Crippen LogP contribution in [0.15, 0.2) is 77.9 Å². The summed E-state index contributed by atoms with van der Waals surface area (Å²) in [5.74, 6) is -0.977. The molecule has 0 saturated heterocycles. The fourth-order valence-electron chi connectivity index (χ4n) is 4.73. The van der Waals surface area contributed by atoms with Gasteiger partial charge in [-0.15, -0.1) is 0 Å². The predicted octanol–water partition coefficient (Wildman–Crippen LogP) is 6.85. The van der Waals surface area contributed by atoms with Crippen LogP contribution in [-0.4, -0.2) is 27.4 Å². The zero-order chi connectivity index (χ0) is 29.3. The summed E-state index contributed by atoms with van der Waals surface area (Å²) in [6.45, 7) is 5.66. The molecule has 0 aliphatic heterocycles. The number of rotatable bonds is 8. The van der Waals surface area contributed by atoms with Gasteiger partial charge < -0.3 is 14.0 Å². The molecule has 0 bridgehead atoms. The second-order valence-corrected chi connectivity index (χ2v) is 9.84. The Morgan fingerprint density at radius 1 is 1.00 bits per heavy atom. The van der Waals surface area contributed by atoms with Gasteiger partial charge in [0.05, 0.1) is 18.2 Å². The lowest BCUT2D eigenvalue weighted by atomic mass is 9.97. The molecule has 3 heterocycles. The standard InChI is InChI=1S/C32H27F2N3O4/c1-18(2)37-17-23(32(39)30(19(37)3)21-6-8-22(33)9-7-21)26(38)16-20-5-11-27(24(34)15-20)41-28-13-14-35-25-10-12-29(40-4)36-31(25)28/h5-15,17-18H,16H2,1-4H3. The molecule has 9 heteroatoms. The van der Waals surface area contributed by atoms with Gasteiger partial charge in [0.15, 0.2) is 28.5 Å². The number of hydrogen-bond acceptors (Lipinski definition) is 6. The highest BCUT2D eigenvalue weighted by atomic mass is 19.1. The van der Waals surface area contributed by atoms with Crippen LogP contribution < -0.4 is 14.9 Å². The van der Waals surface area contributed by atoms with Crippen molar-refractivity contribution in [3.8, 4) is 28.5 Å². The number of nitrogens with zero attached hydrogens (tertiary/aromatic N) is 3. The van der Waals surface area contributed by atoms with E-state index in [1.54, 1.807) is 37.4 Å². The Hall–Kier alpha value is -4.92. The molecule has 0 fully saturated rings. The highest BCUT2D eigenvalue weighted by Crippen LogP contribution is 2.31. The first-order chi connectivity index (χ1) is 19.7. The van der Waals surface area contributed by atoms with Crippen molar-refractivity contribution in [2.75, 3.05) is 7.11 Å². The molecule has 0 saturated carbocycles. The highest BCUT2D eigenvalue weighted by molar-refractivity contribution is 5.98. The van der Waals surface area contributed by atoms with Gasteiger partial charge >= 0.3 is 0 Å². The van der Waals surface area contributed by atoms with E-state index in [0.717, 1.165) is 0 Å². The molecule has 0 amide bonds. The lowest BCUT2D eigenvalue weighted by Crippen LogP contribution is -2.24. The lowest BCUT2D eigenvalue weighted by Gasteiger charge is -2.20. The fraction of sp³-hybridized carbons (Fsp3) is 0.188. The Morgan fingerprint density at radius 2 is 1.76 bits per heavy atom. The van der Waals surface area contributed by atoms with Gasteiger partial charge in [-0.25, -0.2) is 13.8 Å². The van der Waals surface area contributed by atoms with E-state index in [1.165, 1.54) is 49.7 Å². The molecule has 41 heavy (non-hydrogen) atoms. The van der Waals surface area contributed by atoms with Gasteiger partial charge in [0.25, 0.3) is 0 Å². The minimum Gasteiger partial charge on any atom is -0.481 e. The van der Waals surface area contributed by atoms with Crippen molar-refractivity contribution in [3.05, 3.63) is 112 Å². The van der Waals surface area contributed by atoms with E-state index in [2.05, 4.69) is 9.97 Å². The second-order valence-electron chi connectivity index (χ2n) is 9.84. The van der Waals surface area contributed by atoms with Gasteiger partial charge in [0, 0.05) is 48.2 Å². The quantitative estimate of drug-likeness (QED) is 0.195. The molecule has 0 unspecified atom stereocenters. The maximum Gasteiger partial charge on any atom is 0.213 e. The summed E-state index contributed by atoms with van der Waals surface area (Å²) in [6.07, 6.45) is 2.87. The fourth-order valence-corrected chi connectivity index (χ4v) is 4.73. The Labute approximate surface area is 235 Å². The Kier molecular flexibility index (Phi) is 7.61. The molecule has 0 aliphatic carbocycles. The average Bonchev–Trinajstić information content (AvgIpc) is 2.95. The maximum atomic E-state index is 15.2. The number of fused-ring (bicyclic) bond motifs is 1. The summed E-state index contributed by atoms with van der Waals surface area (Å²) in [4.78, 5) is 35.5. The van der Waals surface area contributed by atoms with Crippen molar-refractivity contribution in [2.24, 2.45) is 0 Å². The molecule has 5 aromatic rings. The normalized spacial score (nSPS) is 11.2. The Morgan fingerprint density at radius 3 is 2.44 bits per heavy atom. The molecule has 5 rings (SSSR count). The van der Waals surface area contributed by atoms with Crippen molar-refractivity contribution < 1.29 is 23.0 Å². The predicted molar refractivity (Wildman–Crippen MR) is 152 cm³/mol. The van der Waals surface area contributed by atoms with Crippen molar-refractivity contribution in [1.29, 1.82) is 0 Å². The molecule has 7 nitrogen and oxygen atoms in total. The number of ether oxygens (including phenoxy) is 2. The van der Waals surface area contributed by atoms with Crippen LogP contribution in [0.25, 0.3) is 22.2 Å². The number of pyridine rings is 3. The van der Waals surface area contributed by atoms with Crippen LogP contribution in [0.4, 0.5) is 8.78 Å². The van der Waals surface area contributed by atoms with Gasteiger partial charge in [0.2, 0.25) is 5.88 Å². The van der Waals surface area contributed by atoms with Crippen molar-refractivity contribution in [2.45, 2.75) is 33.2 Å². The molecule has 3 aromatic heterocycles. The van der Waals surface area contributed by atoms with Crippen molar-refractivity contribution in [1.82, 2.24) is 14.5 Å². The summed E-state index contributed by atoms with van der Waals surface area (Å²) in [5, 5.41) is 0. The number of Topliss-reactive ketones (excluding diaryl/α,β-unsaturated/α-hetero) is 1. The number of carbonyl (C=O) groups is 1. The first-order valence-electron chi connectivity index (χ1n) is 13.0. The molecule has 2 aromatic carbocycles. The zero-order valence-electron chi connectivity index (χ0n) is 22.9. The smallest absolute Gasteiger partial charge is 0.213 e. The zero-order valence-corrected chi connectivity index (χ0v) is 22.9. The van der Waals surface area contributed by atoms with Crippen LogP contribution >= 0.6 is 0 Å². The maximum absolute atomic E-state index is 15.2. The number of aromatic nitrogens is 3. The van der Waals surface area contributed by atoms with E-state index >= 15 is 4.39 Å². The molecule has 0 spiro atoms. The summed E-state index contributed by atoms with van der Waals surface area (Å²) < 4.78 is 41.5. The number of benzene rings is 2. The van der Waals surface area contributed by atoms with E-state index < -0.39 is 22.8 Å². The van der Waals surface area contributed by atoms with Gasteiger partial charge in [-0.1, -0.05) is 18.2 Å². The van der Waals surface area contributed by atoms with E-state index in [9.17, 15) is 14.0 Å². The SMILES string of the molecule is COc1ccc2nccc(Oc3ccc(CC(=O)c4cn(C(C)C)c(C)c(-c5ccc(F)cc5)c4=O)cc3F)c2n1. The molecule has 0 atom stereocenters. The van der Waals surface area contributed by atoms with Crippen LogP contribution in [0.5, 0.6) is 17.4 Å². The van der Waals surface area contributed by atoms with Gasteiger partial charge in [-0.3, -0.25) is 14.6 Å². The van der Waals surface area contributed by atoms with Crippen molar-refractivity contribution in [3.63, 3.8) is 0 Å². The first-order valence-corrected chi connectivity index (χ1v) is 13.0. The molecule has 0 N–H and O–H groups in total. The molecule has 0 radical (unpaired) electrons. The van der Waals surface area contributed by atoms with Crippen LogP contribution in [0.2, 0.25) is 0 Å². The Balaban J connectivity index is 1.45. The number of ketones is 1. The van der Waals surface area contributed by atoms with Crippen LogP contribution in [0.1, 0.15) is 41.5 Å². The minimum absolute atomic E-state index is 0.0207. The molecule has 0 aliphatic rings. The van der Waals surface area contributed by atoms with E-state index in [-0.39, 0.29) is 23.8 Å². The third kappa shape index (κ3) is 5.56. The molecule has 208 valence electrons. The monoisotopic (exact) mass is 555 g/mol. The van der Waals surface area contributed by atoms with E-state index in [0.29, 0.717) is 45.0 Å². The minimum atomic E-state index is -0.682. The highest BCUT2D eigenvalue weighted by Gasteiger charge is 2.21. The lowest BCUT2D eigenvalue weighted by molar-refractivity contribution is 0.0991. The topological polar surface area (TPSA) is 83.3 Å². The Bertz CT molecular complexity index is 1830. The average molecular weight is 556 g/mol. The number of hydrogen-bond donors (Lipinski definition) is 0. The van der Waals surface area contributed by atoms with Crippen LogP contribution in [0, 0.1) is 18.6 Å². The molecular formula is C32H27F2N3O4. The summed E-state index contributed by atoms with van der Waals surface area (Å²) in [6, 6.07) is 14.7. The first kappa shape index (κ1) is 27.6. The van der Waals surface area contributed by atoms with Gasteiger partial charge in [-0.05, 0) is 62.2 Å². The number of methoxy groups -OCH3 is 1. The van der Waals surface area contributed by atoms with Crippen LogP contribution in [-0.2, 0) is 6.42 Å².